The number of nitrogens with zero attached hydrogens (tertiary/aromatic N) is 1. The molecule has 3 nitrogen and oxygen atoms in total. The van der Waals surface area contributed by atoms with E-state index in [0.717, 1.165) is 5.39 Å². The van der Waals surface area contributed by atoms with Gasteiger partial charge in [-0.3, -0.25) is 9.78 Å². The molecule has 1 aliphatic carbocycles. The van der Waals surface area contributed by atoms with Crippen LogP contribution in [0.2, 0.25) is 0 Å². The van der Waals surface area contributed by atoms with Crippen LogP contribution < -0.4 is 0 Å². The molecule has 1 saturated carbocycles. The predicted molar refractivity (Wildman–Crippen MR) is 60.6 cm³/mol. The second-order valence-corrected chi connectivity index (χ2v) is 4.50. The molecule has 1 fully saturated rings. The minimum absolute atomic E-state index is 0.117. The lowest BCUT2D eigenvalue weighted by atomic mass is 9.94. The highest BCUT2D eigenvalue weighted by Gasteiger charge is 2.77. The third-order valence-corrected chi connectivity index (χ3v) is 3.45. The average molecular weight is 249 g/mol. The second-order valence-electron chi connectivity index (χ2n) is 4.50. The Labute approximate surface area is 101 Å². The van der Waals surface area contributed by atoms with Gasteiger partial charge in [-0.2, -0.15) is 0 Å². The number of carboxylic acid groups (broad SMARTS) is 1. The van der Waals surface area contributed by atoms with Crippen molar-refractivity contribution in [3.63, 3.8) is 0 Å². The summed E-state index contributed by atoms with van der Waals surface area (Å²) in [6.07, 6.45) is 0.901. The number of benzene rings is 1. The number of alkyl halides is 2. The van der Waals surface area contributed by atoms with Gasteiger partial charge in [-0.1, -0.05) is 18.2 Å². The monoisotopic (exact) mass is 249 g/mol. The number of halogens is 2. The fraction of sp³-hybridized carbons (Fsp3) is 0.231. The molecular weight excluding hydrogens is 240 g/mol. The highest BCUT2D eigenvalue weighted by atomic mass is 19.3. The Morgan fingerprint density at radius 3 is 2.67 bits per heavy atom. The molecule has 2 aromatic rings. The molecular formula is C13H9F2NO2. The zero-order chi connectivity index (χ0) is 13.0. The maximum Gasteiger partial charge on any atom is 0.320 e. The van der Waals surface area contributed by atoms with Gasteiger partial charge in [-0.15, -0.1) is 0 Å². The van der Waals surface area contributed by atoms with Crippen molar-refractivity contribution in [1.82, 2.24) is 4.98 Å². The first-order valence-corrected chi connectivity index (χ1v) is 5.44. The van der Waals surface area contributed by atoms with E-state index in [1.165, 1.54) is 12.1 Å². The van der Waals surface area contributed by atoms with Gasteiger partial charge in [0.25, 0.3) is 5.92 Å². The lowest BCUT2D eigenvalue weighted by Gasteiger charge is -2.12. The highest BCUT2D eigenvalue weighted by molar-refractivity contribution is 5.90. The summed E-state index contributed by atoms with van der Waals surface area (Å²) in [7, 11) is 0. The molecule has 0 spiro atoms. The van der Waals surface area contributed by atoms with Crippen LogP contribution in [0, 0.1) is 0 Å². The van der Waals surface area contributed by atoms with Crippen molar-refractivity contribution in [3.05, 3.63) is 42.1 Å². The lowest BCUT2D eigenvalue weighted by Crippen LogP contribution is -2.27. The van der Waals surface area contributed by atoms with Crippen LogP contribution >= 0.6 is 0 Å². The van der Waals surface area contributed by atoms with Crippen molar-refractivity contribution in [1.29, 1.82) is 0 Å². The van der Waals surface area contributed by atoms with Gasteiger partial charge in [-0.25, -0.2) is 8.78 Å². The van der Waals surface area contributed by atoms with Crippen LogP contribution in [0.5, 0.6) is 0 Å². The molecule has 1 unspecified atom stereocenters. The first-order valence-electron chi connectivity index (χ1n) is 5.44. The van der Waals surface area contributed by atoms with Crippen molar-refractivity contribution < 1.29 is 18.7 Å². The van der Waals surface area contributed by atoms with E-state index in [-0.39, 0.29) is 5.56 Å². The molecule has 92 valence electrons. The van der Waals surface area contributed by atoms with Crippen LogP contribution in [0.15, 0.2) is 36.5 Å². The minimum Gasteiger partial charge on any atom is -0.480 e. The molecule has 0 saturated heterocycles. The van der Waals surface area contributed by atoms with E-state index >= 15 is 0 Å². The number of carbonyl (C=O) groups is 1. The summed E-state index contributed by atoms with van der Waals surface area (Å²) in [6.45, 7) is 0. The van der Waals surface area contributed by atoms with E-state index in [9.17, 15) is 13.6 Å². The third-order valence-electron chi connectivity index (χ3n) is 3.45. The predicted octanol–water partition coefficient (Wildman–Crippen LogP) is 2.60. The van der Waals surface area contributed by atoms with E-state index in [4.69, 9.17) is 5.11 Å². The van der Waals surface area contributed by atoms with Crippen molar-refractivity contribution in [2.24, 2.45) is 0 Å². The van der Waals surface area contributed by atoms with Gasteiger partial charge in [0.15, 0.2) is 5.41 Å². The zero-order valence-electron chi connectivity index (χ0n) is 9.23. The number of hydrogen-bond donors (Lipinski definition) is 1. The van der Waals surface area contributed by atoms with Gasteiger partial charge in [0.05, 0.1) is 5.52 Å². The second kappa shape index (κ2) is 3.25. The van der Waals surface area contributed by atoms with E-state index in [1.54, 1.807) is 24.4 Å². The van der Waals surface area contributed by atoms with Crippen molar-refractivity contribution in [2.45, 2.75) is 17.8 Å². The van der Waals surface area contributed by atoms with Crippen LogP contribution in [0.25, 0.3) is 10.9 Å². The number of fused-ring (bicyclic) bond motifs is 1. The Bertz CT molecular complexity index is 656. The molecule has 1 atom stereocenters. The van der Waals surface area contributed by atoms with Crippen molar-refractivity contribution >= 4 is 16.9 Å². The van der Waals surface area contributed by atoms with Crippen molar-refractivity contribution in [2.75, 3.05) is 0 Å². The largest absolute Gasteiger partial charge is 0.480 e. The third kappa shape index (κ3) is 1.27. The van der Waals surface area contributed by atoms with Gasteiger partial charge >= 0.3 is 5.97 Å². The van der Waals surface area contributed by atoms with Crippen LogP contribution in [0.3, 0.4) is 0 Å². The molecule has 1 aromatic heterocycles. The molecule has 3 rings (SSSR count). The van der Waals surface area contributed by atoms with Crippen LogP contribution in [0.4, 0.5) is 8.78 Å². The lowest BCUT2D eigenvalue weighted by molar-refractivity contribution is -0.142. The number of carboxylic acids is 1. The molecule has 0 radical (unpaired) electrons. The zero-order valence-corrected chi connectivity index (χ0v) is 9.23. The highest BCUT2D eigenvalue weighted by Crippen LogP contribution is 2.61. The summed E-state index contributed by atoms with van der Waals surface area (Å²) in [6, 6.07) is 8.03. The molecule has 5 heteroatoms. The van der Waals surface area contributed by atoms with Gasteiger partial charge in [0.2, 0.25) is 0 Å². The molecule has 1 N–H and O–H groups in total. The number of aliphatic carboxylic acids is 1. The summed E-state index contributed by atoms with van der Waals surface area (Å²) in [5, 5.41) is 9.86. The maximum absolute atomic E-state index is 13.4. The fourth-order valence-corrected chi connectivity index (χ4v) is 2.29. The summed E-state index contributed by atoms with van der Waals surface area (Å²) in [4.78, 5) is 15.2. The smallest absolute Gasteiger partial charge is 0.320 e. The average Bonchev–Trinajstić information content (AvgIpc) is 2.93. The topological polar surface area (TPSA) is 50.2 Å². The Morgan fingerprint density at radius 1 is 1.33 bits per heavy atom. The molecule has 18 heavy (non-hydrogen) atoms. The Morgan fingerprint density at radius 2 is 2.06 bits per heavy atom. The van der Waals surface area contributed by atoms with Gasteiger partial charge < -0.3 is 5.11 Å². The number of pyridine rings is 1. The van der Waals surface area contributed by atoms with E-state index in [1.807, 2.05) is 0 Å². The van der Waals surface area contributed by atoms with Gasteiger partial charge in [0, 0.05) is 18.0 Å². The summed E-state index contributed by atoms with van der Waals surface area (Å²) in [5.74, 6) is -4.66. The summed E-state index contributed by atoms with van der Waals surface area (Å²) < 4.78 is 26.8. The number of rotatable bonds is 2. The standard InChI is InChI=1S/C13H9F2NO2/c14-13(15)7-12(13,11(17)18)9-4-3-8-2-1-5-16-10(8)6-9/h1-6H,7H2,(H,17,18). The number of hydrogen-bond acceptors (Lipinski definition) is 2. The van der Waals surface area contributed by atoms with E-state index < -0.39 is 23.7 Å². The SMILES string of the molecule is O=C(O)C1(c2ccc3cccnc3c2)CC1(F)F. The van der Waals surface area contributed by atoms with Gasteiger partial charge in [-0.05, 0) is 17.7 Å². The quantitative estimate of drug-likeness (QED) is 0.890. The Balaban J connectivity index is 2.18. The van der Waals surface area contributed by atoms with Gasteiger partial charge in [0.1, 0.15) is 0 Å². The van der Waals surface area contributed by atoms with E-state index in [2.05, 4.69) is 4.98 Å². The summed E-state index contributed by atoms with van der Waals surface area (Å²) in [5.41, 5.74) is -1.43. The molecule has 1 aliphatic rings. The normalized spacial score (nSPS) is 25.0. The molecule has 1 aromatic carbocycles. The molecule has 0 bridgehead atoms. The maximum atomic E-state index is 13.4. The molecule has 0 amide bonds. The molecule has 0 aliphatic heterocycles. The Hall–Kier alpha value is -2.04. The summed E-state index contributed by atoms with van der Waals surface area (Å²) >= 11 is 0. The van der Waals surface area contributed by atoms with E-state index in [0.29, 0.717) is 5.52 Å². The number of aromatic nitrogens is 1. The van der Waals surface area contributed by atoms with Crippen LogP contribution in [-0.2, 0) is 10.2 Å². The van der Waals surface area contributed by atoms with Crippen molar-refractivity contribution in [3.8, 4) is 0 Å². The molecule has 1 heterocycles. The fourth-order valence-electron chi connectivity index (χ4n) is 2.29. The Kier molecular flexibility index (Phi) is 2.00. The first kappa shape index (κ1) is 11.1. The minimum atomic E-state index is -3.18. The first-order chi connectivity index (χ1) is 8.47. The van der Waals surface area contributed by atoms with Crippen LogP contribution in [0.1, 0.15) is 12.0 Å². The van der Waals surface area contributed by atoms with Crippen LogP contribution in [-0.4, -0.2) is 22.0 Å².